The van der Waals surface area contributed by atoms with Crippen LogP contribution in [0.3, 0.4) is 0 Å². The summed E-state index contributed by atoms with van der Waals surface area (Å²) in [5.74, 6) is -0.868. The number of benzene rings is 1. The van der Waals surface area contributed by atoms with Crippen molar-refractivity contribution < 1.29 is 34.5 Å². The Kier molecular flexibility index (Phi) is 5.66. The number of aliphatic hydroxyl groups excluding tert-OH is 3. The fourth-order valence-corrected chi connectivity index (χ4v) is 3.27. The van der Waals surface area contributed by atoms with E-state index >= 15 is 0 Å². The van der Waals surface area contributed by atoms with E-state index in [1.165, 1.54) is 11.8 Å². The molecule has 0 unspecified atom stereocenters. The topological polar surface area (TPSA) is 141 Å². The summed E-state index contributed by atoms with van der Waals surface area (Å²) >= 11 is 0. The zero-order chi connectivity index (χ0) is 20.6. The number of anilines is 1. The predicted octanol–water partition coefficient (Wildman–Crippen LogP) is -1.36. The standard InChI is InChI=1S/C18H23N3O7/c1-8-4-5-11-10(6-8)13(17(26)21(11)3)20-28-18-14(19-9(2)23)16(25)15(24)12(7-22)27-18/h4-6,12,14-16,18,22,24-25H,7H2,1-3H3,(H,19,23)/b20-13-/t12-,14+,15+,16+,18+/m1/s1. The second-order valence-corrected chi connectivity index (χ2v) is 6.86. The Balaban J connectivity index is 1.89. The van der Waals surface area contributed by atoms with Crippen LogP contribution in [0, 0.1) is 6.92 Å². The van der Waals surface area contributed by atoms with Crippen LogP contribution in [0.2, 0.25) is 0 Å². The molecule has 1 fully saturated rings. The molecular formula is C18H23N3O7. The van der Waals surface area contributed by atoms with E-state index in [9.17, 15) is 24.9 Å². The van der Waals surface area contributed by atoms with Crippen molar-refractivity contribution in [2.45, 2.75) is 44.5 Å². The number of nitrogens with zero attached hydrogens (tertiary/aromatic N) is 2. The van der Waals surface area contributed by atoms with Crippen LogP contribution in [0.1, 0.15) is 18.1 Å². The number of carbonyl (C=O) groups is 2. The van der Waals surface area contributed by atoms with Crippen molar-refractivity contribution in [3.05, 3.63) is 29.3 Å². The number of hydrogen-bond acceptors (Lipinski definition) is 8. The van der Waals surface area contributed by atoms with Crippen molar-refractivity contribution in [2.24, 2.45) is 5.16 Å². The number of oxime groups is 1. The summed E-state index contributed by atoms with van der Waals surface area (Å²) in [4.78, 5) is 30.8. The Hall–Kier alpha value is -2.53. The van der Waals surface area contributed by atoms with Crippen molar-refractivity contribution in [3.8, 4) is 0 Å². The third kappa shape index (κ3) is 3.59. The summed E-state index contributed by atoms with van der Waals surface area (Å²) in [5, 5.41) is 36.0. The lowest BCUT2D eigenvalue weighted by Gasteiger charge is -2.40. The fourth-order valence-electron chi connectivity index (χ4n) is 3.27. The number of aryl methyl sites for hydroxylation is 1. The van der Waals surface area contributed by atoms with Crippen molar-refractivity contribution in [2.75, 3.05) is 18.6 Å². The molecule has 2 aliphatic heterocycles. The molecule has 2 aliphatic rings. The smallest absolute Gasteiger partial charge is 0.280 e. The van der Waals surface area contributed by atoms with Crippen LogP contribution < -0.4 is 10.2 Å². The Morgan fingerprint density at radius 3 is 2.71 bits per heavy atom. The minimum atomic E-state index is -1.46. The van der Waals surface area contributed by atoms with Gasteiger partial charge in [0.1, 0.15) is 24.4 Å². The molecule has 0 radical (unpaired) electrons. The second kappa shape index (κ2) is 7.84. The van der Waals surface area contributed by atoms with Gasteiger partial charge in [0.25, 0.3) is 5.91 Å². The summed E-state index contributed by atoms with van der Waals surface area (Å²) in [6.45, 7) is 2.53. The molecule has 4 N–H and O–H groups in total. The summed E-state index contributed by atoms with van der Waals surface area (Å²) in [6.07, 6.45) is -5.35. The third-order valence-corrected chi connectivity index (χ3v) is 4.77. The molecule has 5 atom stereocenters. The molecule has 0 aromatic heterocycles. The van der Waals surface area contributed by atoms with Crippen LogP contribution in [0.15, 0.2) is 23.4 Å². The molecular weight excluding hydrogens is 370 g/mol. The molecule has 0 spiro atoms. The van der Waals surface area contributed by atoms with Crippen LogP contribution in [0.4, 0.5) is 5.69 Å². The van der Waals surface area contributed by atoms with Gasteiger partial charge in [-0.05, 0) is 19.1 Å². The SMILES string of the molecule is CC(=O)N[C@@H]1[C@H](O/N=C2\C(=O)N(C)c3ccc(C)cc32)O[C@H](CO)[C@H](O)[C@H]1O. The minimum Gasteiger partial charge on any atom is -0.394 e. The molecule has 152 valence electrons. The minimum absolute atomic E-state index is 0.0486. The van der Waals surface area contributed by atoms with Gasteiger partial charge < -0.3 is 35.1 Å². The zero-order valence-corrected chi connectivity index (χ0v) is 15.7. The Bertz CT molecular complexity index is 812. The average molecular weight is 393 g/mol. The van der Waals surface area contributed by atoms with Gasteiger partial charge in [-0.1, -0.05) is 16.8 Å². The van der Waals surface area contributed by atoms with Gasteiger partial charge in [-0.3, -0.25) is 9.59 Å². The van der Waals surface area contributed by atoms with Gasteiger partial charge in [0.05, 0.1) is 12.3 Å². The maximum Gasteiger partial charge on any atom is 0.280 e. The number of rotatable bonds is 4. The van der Waals surface area contributed by atoms with E-state index < -0.39 is 43.2 Å². The van der Waals surface area contributed by atoms with Crippen LogP contribution in [-0.4, -0.2) is 77.1 Å². The molecule has 3 rings (SSSR count). The van der Waals surface area contributed by atoms with Crippen molar-refractivity contribution >= 4 is 23.2 Å². The molecule has 1 aromatic carbocycles. The number of carbonyl (C=O) groups excluding carboxylic acids is 2. The van der Waals surface area contributed by atoms with Crippen LogP contribution >= 0.6 is 0 Å². The number of nitrogens with one attached hydrogen (secondary N) is 1. The lowest BCUT2D eigenvalue weighted by molar-refractivity contribution is -0.270. The first-order valence-electron chi connectivity index (χ1n) is 8.77. The van der Waals surface area contributed by atoms with Gasteiger partial charge in [-0.25, -0.2) is 0 Å². The molecule has 10 nitrogen and oxygen atoms in total. The Labute approximate surface area is 161 Å². The van der Waals surface area contributed by atoms with E-state index in [2.05, 4.69) is 10.5 Å². The summed E-state index contributed by atoms with van der Waals surface area (Å²) < 4.78 is 5.44. The van der Waals surface area contributed by atoms with E-state index in [1.54, 1.807) is 19.2 Å². The first kappa shape index (κ1) is 20.2. The number of aliphatic hydroxyl groups is 3. The largest absolute Gasteiger partial charge is 0.394 e. The molecule has 1 aromatic rings. The highest BCUT2D eigenvalue weighted by Gasteiger charge is 2.46. The van der Waals surface area contributed by atoms with E-state index in [4.69, 9.17) is 9.57 Å². The number of ether oxygens (including phenoxy) is 1. The van der Waals surface area contributed by atoms with E-state index in [1.807, 2.05) is 13.0 Å². The van der Waals surface area contributed by atoms with Gasteiger partial charge in [0.2, 0.25) is 12.2 Å². The molecule has 0 aliphatic carbocycles. The van der Waals surface area contributed by atoms with Gasteiger partial charge in [0, 0.05) is 19.5 Å². The van der Waals surface area contributed by atoms with Gasteiger partial charge >= 0.3 is 0 Å². The Morgan fingerprint density at radius 1 is 1.36 bits per heavy atom. The quantitative estimate of drug-likeness (QED) is 0.463. The highest BCUT2D eigenvalue weighted by Crippen LogP contribution is 2.30. The van der Waals surface area contributed by atoms with E-state index in [-0.39, 0.29) is 11.6 Å². The summed E-state index contributed by atoms with van der Waals surface area (Å²) in [7, 11) is 1.61. The van der Waals surface area contributed by atoms with Crippen LogP contribution in [-0.2, 0) is 19.2 Å². The molecule has 10 heteroatoms. The second-order valence-electron chi connectivity index (χ2n) is 6.86. The molecule has 0 bridgehead atoms. The number of hydrogen-bond donors (Lipinski definition) is 4. The molecule has 0 saturated carbocycles. The monoisotopic (exact) mass is 393 g/mol. The normalized spacial score (nSPS) is 31.1. The van der Waals surface area contributed by atoms with Gasteiger partial charge in [0.15, 0.2) is 5.71 Å². The number of amides is 2. The van der Waals surface area contributed by atoms with Crippen molar-refractivity contribution in [1.82, 2.24) is 5.32 Å². The first-order valence-corrected chi connectivity index (χ1v) is 8.77. The Morgan fingerprint density at radius 2 is 2.07 bits per heavy atom. The van der Waals surface area contributed by atoms with Gasteiger partial charge in [-0.15, -0.1) is 0 Å². The van der Waals surface area contributed by atoms with E-state index in [0.29, 0.717) is 11.3 Å². The maximum atomic E-state index is 12.5. The third-order valence-electron chi connectivity index (χ3n) is 4.77. The first-order chi connectivity index (χ1) is 13.2. The highest BCUT2D eigenvalue weighted by atomic mass is 16.8. The average Bonchev–Trinajstić information content (AvgIpc) is 2.88. The summed E-state index contributed by atoms with van der Waals surface area (Å²) in [6, 6.07) is 4.31. The lowest BCUT2D eigenvalue weighted by Crippen LogP contribution is -2.64. The lowest BCUT2D eigenvalue weighted by atomic mass is 9.97. The summed E-state index contributed by atoms with van der Waals surface area (Å²) in [5.41, 5.74) is 2.23. The van der Waals surface area contributed by atoms with Gasteiger partial charge in [-0.2, -0.15) is 0 Å². The molecule has 1 saturated heterocycles. The van der Waals surface area contributed by atoms with E-state index in [0.717, 1.165) is 5.56 Å². The zero-order valence-electron chi connectivity index (χ0n) is 15.7. The maximum absolute atomic E-state index is 12.5. The predicted molar refractivity (Wildman–Crippen MR) is 97.6 cm³/mol. The molecule has 28 heavy (non-hydrogen) atoms. The fraction of sp³-hybridized carbons (Fsp3) is 0.500. The molecule has 2 amide bonds. The number of likely N-dealkylation sites (N-methyl/N-ethyl adjacent to an activating group) is 1. The van der Waals surface area contributed by atoms with Crippen molar-refractivity contribution in [3.63, 3.8) is 0 Å². The molecule has 2 heterocycles. The van der Waals surface area contributed by atoms with Crippen LogP contribution in [0.5, 0.6) is 0 Å². The highest BCUT2D eigenvalue weighted by molar-refractivity contribution is 6.54. The number of fused-ring (bicyclic) bond motifs is 1. The van der Waals surface area contributed by atoms with Crippen LogP contribution in [0.25, 0.3) is 0 Å². The van der Waals surface area contributed by atoms with Crippen molar-refractivity contribution in [1.29, 1.82) is 0 Å².